The van der Waals surface area contributed by atoms with Gasteiger partial charge in [-0.25, -0.2) is 4.39 Å². The fraction of sp³-hybridized carbons (Fsp3) is 0.304. The van der Waals surface area contributed by atoms with Gasteiger partial charge in [0.15, 0.2) is 0 Å². The summed E-state index contributed by atoms with van der Waals surface area (Å²) in [6.07, 6.45) is 3.19. The highest BCUT2D eigenvalue weighted by Crippen LogP contribution is 2.44. The summed E-state index contributed by atoms with van der Waals surface area (Å²) in [6, 6.07) is 11.6. The first-order valence-electron chi connectivity index (χ1n) is 9.65. The van der Waals surface area contributed by atoms with Gasteiger partial charge in [-0.2, -0.15) is 5.26 Å². The van der Waals surface area contributed by atoms with Crippen LogP contribution >= 0.6 is 0 Å². The highest BCUT2D eigenvalue weighted by molar-refractivity contribution is 5.87. The number of nitrogens with zero attached hydrogens (tertiary/aromatic N) is 3. The van der Waals surface area contributed by atoms with Crippen LogP contribution in [0.2, 0.25) is 0 Å². The van der Waals surface area contributed by atoms with Crippen molar-refractivity contribution in [3.63, 3.8) is 0 Å². The van der Waals surface area contributed by atoms with Gasteiger partial charge in [-0.1, -0.05) is 24.8 Å². The molecule has 1 spiro atoms. The van der Waals surface area contributed by atoms with Gasteiger partial charge in [-0.15, -0.1) is 0 Å². The van der Waals surface area contributed by atoms with Crippen LogP contribution < -0.4 is 4.90 Å². The van der Waals surface area contributed by atoms with Crippen molar-refractivity contribution in [2.45, 2.75) is 12.8 Å². The molecule has 4 rings (SSSR count). The minimum Gasteiger partial charge on any atom is -0.507 e. The highest BCUT2D eigenvalue weighted by Gasteiger charge is 2.44. The van der Waals surface area contributed by atoms with Crippen LogP contribution in [0.5, 0.6) is 5.75 Å². The van der Waals surface area contributed by atoms with E-state index in [-0.39, 0.29) is 22.6 Å². The Hall–Kier alpha value is -3.33. The number of carbonyl (C=O) groups is 1. The standard InChI is InChI=1S/C23H22FN3O2/c1-2-21(29)27-12-10-23(15-27)9-11-26(14-23)19-7-3-5-16(17(19)13-25)22-18(24)6-4-8-20(22)28/h2-8,28H,1,9-12,14-15H2. The fourth-order valence-electron chi connectivity index (χ4n) is 4.64. The molecule has 0 aliphatic carbocycles. The molecule has 2 fully saturated rings. The molecule has 1 unspecified atom stereocenters. The van der Waals surface area contributed by atoms with Crippen molar-refractivity contribution in [3.8, 4) is 22.9 Å². The number of benzene rings is 2. The van der Waals surface area contributed by atoms with E-state index in [1.807, 2.05) is 11.0 Å². The third-order valence-electron chi connectivity index (χ3n) is 6.12. The predicted octanol–water partition coefficient (Wildman–Crippen LogP) is 3.68. The molecule has 2 aromatic carbocycles. The van der Waals surface area contributed by atoms with Crippen molar-refractivity contribution in [2.75, 3.05) is 31.1 Å². The lowest BCUT2D eigenvalue weighted by Crippen LogP contribution is -2.33. The number of aromatic hydroxyl groups is 1. The molecular formula is C23H22FN3O2. The van der Waals surface area contributed by atoms with Gasteiger partial charge in [0.2, 0.25) is 5.91 Å². The van der Waals surface area contributed by atoms with E-state index < -0.39 is 5.82 Å². The molecule has 0 radical (unpaired) electrons. The molecule has 5 nitrogen and oxygen atoms in total. The lowest BCUT2D eigenvalue weighted by molar-refractivity contribution is -0.125. The largest absolute Gasteiger partial charge is 0.507 e. The number of likely N-dealkylation sites (tertiary alicyclic amines) is 1. The van der Waals surface area contributed by atoms with Crippen LogP contribution in [0.1, 0.15) is 18.4 Å². The van der Waals surface area contributed by atoms with Crippen LogP contribution in [-0.2, 0) is 4.79 Å². The second-order valence-corrected chi connectivity index (χ2v) is 7.83. The summed E-state index contributed by atoms with van der Waals surface area (Å²) in [5, 5.41) is 20.0. The molecule has 2 saturated heterocycles. The van der Waals surface area contributed by atoms with Gasteiger partial charge >= 0.3 is 0 Å². The Balaban J connectivity index is 1.67. The van der Waals surface area contributed by atoms with Crippen LogP contribution in [0, 0.1) is 22.6 Å². The van der Waals surface area contributed by atoms with Crippen molar-refractivity contribution in [1.82, 2.24) is 4.90 Å². The van der Waals surface area contributed by atoms with E-state index in [1.54, 1.807) is 12.1 Å². The third-order valence-corrected chi connectivity index (χ3v) is 6.12. The second kappa shape index (κ2) is 7.25. The van der Waals surface area contributed by atoms with Crippen molar-refractivity contribution in [1.29, 1.82) is 5.26 Å². The first-order valence-corrected chi connectivity index (χ1v) is 9.65. The number of anilines is 1. The van der Waals surface area contributed by atoms with E-state index in [0.29, 0.717) is 24.2 Å². The van der Waals surface area contributed by atoms with E-state index in [9.17, 15) is 19.6 Å². The molecule has 1 atom stereocenters. The summed E-state index contributed by atoms with van der Waals surface area (Å²) in [7, 11) is 0. The third kappa shape index (κ3) is 3.23. The molecule has 1 N–H and O–H groups in total. The summed E-state index contributed by atoms with van der Waals surface area (Å²) in [5.41, 5.74) is 1.52. The van der Waals surface area contributed by atoms with E-state index in [2.05, 4.69) is 17.5 Å². The minimum absolute atomic E-state index is 0.00152. The van der Waals surface area contributed by atoms with Crippen LogP contribution in [0.4, 0.5) is 10.1 Å². The number of phenols is 1. The molecule has 6 heteroatoms. The van der Waals surface area contributed by atoms with E-state index in [0.717, 1.165) is 31.6 Å². The van der Waals surface area contributed by atoms with E-state index in [4.69, 9.17) is 0 Å². The normalized spacial score (nSPS) is 20.8. The van der Waals surface area contributed by atoms with Crippen molar-refractivity contribution < 1.29 is 14.3 Å². The van der Waals surface area contributed by atoms with Crippen LogP contribution in [0.15, 0.2) is 49.1 Å². The molecule has 2 heterocycles. The van der Waals surface area contributed by atoms with E-state index >= 15 is 0 Å². The summed E-state index contributed by atoms with van der Waals surface area (Å²) < 4.78 is 14.4. The lowest BCUT2D eigenvalue weighted by atomic mass is 9.86. The zero-order valence-corrected chi connectivity index (χ0v) is 16.1. The molecule has 2 aliphatic heterocycles. The molecule has 1 amide bonds. The van der Waals surface area contributed by atoms with Crippen LogP contribution in [-0.4, -0.2) is 42.1 Å². The molecule has 0 saturated carbocycles. The Kier molecular flexibility index (Phi) is 4.75. The molecule has 2 aliphatic rings. The number of halogens is 1. The predicted molar refractivity (Wildman–Crippen MR) is 109 cm³/mol. The van der Waals surface area contributed by atoms with Gasteiger partial charge in [0.05, 0.1) is 16.8 Å². The summed E-state index contributed by atoms with van der Waals surface area (Å²) >= 11 is 0. The Morgan fingerprint density at radius 1 is 1.21 bits per heavy atom. The fourth-order valence-corrected chi connectivity index (χ4v) is 4.64. The van der Waals surface area contributed by atoms with Gasteiger partial charge in [0.1, 0.15) is 17.6 Å². The summed E-state index contributed by atoms with van der Waals surface area (Å²) in [4.78, 5) is 15.9. The molecular weight excluding hydrogens is 369 g/mol. The second-order valence-electron chi connectivity index (χ2n) is 7.83. The zero-order chi connectivity index (χ0) is 20.6. The number of amides is 1. The van der Waals surface area contributed by atoms with Crippen molar-refractivity contribution in [3.05, 3.63) is 60.4 Å². The van der Waals surface area contributed by atoms with Gasteiger partial charge in [0, 0.05) is 37.2 Å². The number of hydrogen-bond donors (Lipinski definition) is 1. The number of phenolic OH excluding ortho intramolecular Hbond substituents is 1. The minimum atomic E-state index is -0.564. The van der Waals surface area contributed by atoms with Gasteiger partial charge < -0.3 is 14.9 Å². The van der Waals surface area contributed by atoms with E-state index in [1.165, 1.54) is 24.3 Å². The summed E-state index contributed by atoms with van der Waals surface area (Å²) in [5.74, 6) is -0.799. The maximum Gasteiger partial charge on any atom is 0.245 e. The van der Waals surface area contributed by atoms with Crippen LogP contribution in [0.25, 0.3) is 11.1 Å². The molecule has 29 heavy (non-hydrogen) atoms. The number of nitriles is 1. The molecule has 0 bridgehead atoms. The first kappa shape index (κ1) is 19.0. The van der Waals surface area contributed by atoms with Gasteiger partial charge in [-0.3, -0.25) is 4.79 Å². The molecule has 0 aromatic heterocycles. The highest BCUT2D eigenvalue weighted by atomic mass is 19.1. The number of rotatable bonds is 3. The average Bonchev–Trinajstić information content (AvgIpc) is 3.34. The zero-order valence-electron chi connectivity index (χ0n) is 16.1. The summed E-state index contributed by atoms with van der Waals surface area (Å²) in [6.45, 7) is 6.46. The maximum atomic E-state index is 14.4. The SMILES string of the molecule is C=CC(=O)N1CCC2(CCN(c3cccc(-c4c(O)cccc4F)c3C#N)C2)C1. The quantitative estimate of drug-likeness (QED) is 0.811. The van der Waals surface area contributed by atoms with Crippen molar-refractivity contribution in [2.24, 2.45) is 5.41 Å². The lowest BCUT2D eigenvalue weighted by Gasteiger charge is -2.26. The Morgan fingerprint density at radius 3 is 2.69 bits per heavy atom. The maximum absolute atomic E-state index is 14.4. The molecule has 148 valence electrons. The topological polar surface area (TPSA) is 67.6 Å². The van der Waals surface area contributed by atoms with Gasteiger partial charge in [-0.05, 0) is 37.1 Å². The monoisotopic (exact) mass is 391 g/mol. The van der Waals surface area contributed by atoms with Crippen molar-refractivity contribution >= 4 is 11.6 Å². The van der Waals surface area contributed by atoms with Crippen LogP contribution in [0.3, 0.4) is 0 Å². The van der Waals surface area contributed by atoms with Gasteiger partial charge in [0.25, 0.3) is 0 Å². The Bertz CT molecular complexity index is 1010. The first-order chi connectivity index (χ1) is 14.0. The molecule has 2 aromatic rings. The Labute approximate surface area is 169 Å². The number of carbonyl (C=O) groups excluding carboxylic acids is 1. The number of hydrogen-bond acceptors (Lipinski definition) is 4. The average molecular weight is 391 g/mol. The Morgan fingerprint density at radius 2 is 1.97 bits per heavy atom. The smallest absolute Gasteiger partial charge is 0.245 e.